The van der Waals surface area contributed by atoms with Crippen molar-refractivity contribution >= 4 is 34.6 Å². The Bertz CT molecular complexity index is 1800. The number of fused-ring (bicyclic) bond motifs is 4. The summed E-state index contributed by atoms with van der Waals surface area (Å²) in [6.07, 6.45) is 0. The Balaban J connectivity index is 1.47. The highest BCUT2D eigenvalue weighted by Crippen LogP contribution is 2.48. The lowest BCUT2D eigenvalue weighted by molar-refractivity contribution is 0.340. The van der Waals surface area contributed by atoms with E-state index in [1.165, 1.54) is 5.56 Å². The summed E-state index contributed by atoms with van der Waals surface area (Å²) in [7, 11) is 0. The third kappa shape index (κ3) is 4.36. The topological polar surface area (TPSA) is 67.0 Å². The monoisotopic (exact) mass is 538 g/mol. The molecule has 0 fully saturated rings. The number of aromatic nitrogens is 2. The molecule has 41 heavy (non-hydrogen) atoms. The summed E-state index contributed by atoms with van der Waals surface area (Å²) in [5.74, 6) is 3.08. The van der Waals surface area contributed by atoms with Gasteiger partial charge in [0.1, 0.15) is 5.75 Å². The van der Waals surface area contributed by atoms with Gasteiger partial charge in [-0.25, -0.2) is 14.7 Å². The van der Waals surface area contributed by atoms with Crippen LogP contribution in [0.25, 0.3) is 5.69 Å². The van der Waals surface area contributed by atoms with Gasteiger partial charge in [-0.3, -0.25) is 0 Å². The van der Waals surface area contributed by atoms with E-state index in [9.17, 15) is 0 Å². The Morgan fingerprint density at radius 2 is 1.61 bits per heavy atom. The van der Waals surface area contributed by atoms with E-state index in [0.717, 1.165) is 57.0 Å². The van der Waals surface area contributed by atoms with Crippen molar-refractivity contribution in [3.63, 3.8) is 0 Å². The molecular weight excluding hydrogens is 508 g/mol. The van der Waals surface area contributed by atoms with Gasteiger partial charge in [0.25, 0.3) is 0 Å². The molecule has 2 aliphatic rings. The first-order valence-corrected chi connectivity index (χ1v) is 13.9. The maximum atomic E-state index is 5.78. The molecule has 0 spiro atoms. The molecule has 0 bridgehead atoms. The molecule has 0 saturated heterocycles. The van der Waals surface area contributed by atoms with Gasteiger partial charge in [0, 0.05) is 11.3 Å². The van der Waals surface area contributed by atoms with Crippen molar-refractivity contribution in [2.75, 3.05) is 16.8 Å². The number of hydrogen-bond acceptors (Lipinski definition) is 6. The summed E-state index contributed by atoms with van der Waals surface area (Å²) in [5.41, 5.74) is 8.08. The first kappa shape index (κ1) is 24.8. The van der Waals surface area contributed by atoms with Crippen LogP contribution < -0.4 is 15.0 Å². The molecule has 0 aliphatic carbocycles. The van der Waals surface area contributed by atoms with Crippen LogP contribution >= 0.6 is 0 Å². The van der Waals surface area contributed by atoms with E-state index in [0.29, 0.717) is 12.4 Å². The lowest BCUT2D eigenvalue weighted by Crippen LogP contribution is -2.46. The standard InChI is InChI=1S/C34H30N6O/c1-4-41-27-19-17-24(18-20-27)31-30-23(3)38-40(26-13-6-5-7-14-26)33(30)37-34-32(35-25-12-10-11-22(2)21-25)36-28-15-8-9-16-29(28)39(31)34/h5-21,31H,4H2,1-3H3,(H,35,36)/t31-/m0/s1. The smallest absolute Gasteiger partial charge is 0.179 e. The fourth-order valence-corrected chi connectivity index (χ4v) is 5.63. The number of nitrogens with zero attached hydrogens (tertiary/aromatic N) is 5. The fraction of sp³-hybridized carbons (Fsp3) is 0.147. The van der Waals surface area contributed by atoms with Gasteiger partial charge >= 0.3 is 0 Å². The van der Waals surface area contributed by atoms with E-state index < -0.39 is 0 Å². The van der Waals surface area contributed by atoms with Crippen LogP contribution in [0.1, 0.15) is 35.3 Å². The number of aliphatic imine (C=N–C) groups is 2. The second kappa shape index (κ2) is 10.1. The van der Waals surface area contributed by atoms with Crippen LogP contribution in [0.4, 0.5) is 22.9 Å². The molecule has 4 aromatic carbocycles. The van der Waals surface area contributed by atoms with Crippen molar-refractivity contribution in [2.24, 2.45) is 9.98 Å². The molecule has 1 aromatic heterocycles. The van der Waals surface area contributed by atoms with Crippen molar-refractivity contribution in [1.29, 1.82) is 0 Å². The van der Waals surface area contributed by atoms with Gasteiger partial charge in [0.05, 0.1) is 35.4 Å². The SMILES string of the molecule is CCOc1ccc([C@H]2c3c(C)nn(-c4ccccc4)c3N=C3C(Nc4cccc(C)c4)=Nc4ccccc4N32)cc1. The summed E-state index contributed by atoms with van der Waals surface area (Å²) in [5, 5.41) is 8.60. The van der Waals surface area contributed by atoms with Gasteiger partial charge in [-0.05, 0) is 80.4 Å². The fourth-order valence-electron chi connectivity index (χ4n) is 5.63. The zero-order chi connectivity index (χ0) is 27.9. The highest BCUT2D eigenvalue weighted by molar-refractivity contribution is 6.51. The molecule has 202 valence electrons. The molecule has 0 saturated carbocycles. The number of amidine groups is 2. The summed E-state index contributed by atoms with van der Waals surface area (Å²) in [4.78, 5) is 12.7. The Morgan fingerprint density at radius 3 is 2.39 bits per heavy atom. The highest BCUT2D eigenvalue weighted by atomic mass is 16.5. The lowest BCUT2D eigenvalue weighted by Gasteiger charge is -2.40. The maximum Gasteiger partial charge on any atom is 0.179 e. The number of ether oxygens (including phenoxy) is 1. The molecule has 7 nitrogen and oxygen atoms in total. The van der Waals surface area contributed by atoms with Crippen molar-refractivity contribution < 1.29 is 4.74 Å². The van der Waals surface area contributed by atoms with Crippen LogP contribution in [0.3, 0.4) is 0 Å². The molecule has 5 aromatic rings. The average molecular weight is 539 g/mol. The number of nitrogens with one attached hydrogen (secondary N) is 1. The van der Waals surface area contributed by atoms with Gasteiger partial charge < -0.3 is 15.0 Å². The van der Waals surface area contributed by atoms with Crippen LogP contribution in [0.15, 0.2) is 113 Å². The zero-order valence-electron chi connectivity index (χ0n) is 23.2. The molecule has 7 rings (SSSR count). The van der Waals surface area contributed by atoms with Crippen LogP contribution in [-0.2, 0) is 0 Å². The van der Waals surface area contributed by atoms with Crippen molar-refractivity contribution in [1.82, 2.24) is 9.78 Å². The Morgan fingerprint density at radius 1 is 0.829 bits per heavy atom. The molecule has 0 amide bonds. The normalized spacial score (nSPS) is 15.3. The molecule has 3 heterocycles. The Hall–Kier alpha value is -5.17. The lowest BCUT2D eigenvalue weighted by atomic mass is 9.93. The predicted octanol–water partition coefficient (Wildman–Crippen LogP) is 7.68. The summed E-state index contributed by atoms with van der Waals surface area (Å²) in [6, 6.07) is 34.9. The number of anilines is 2. The summed E-state index contributed by atoms with van der Waals surface area (Å²) >= 11 is 0. The van der Waals surface area contributed by atoms with Gasteiger partial charge in [0.15, 0.2) is 17.5 Å². The van der Waals surface area contributed by atoms with E-state index in [1.807, 2.05) is 54.1 Å². The third-order valence-electron chi connectivity index (χ3n) is 7.43. The van der Waals surface area contributed by atoms with E-state index in [-0.39, 0.29) is 6.04 Å². The second-order valence-corrected chi connectivity index (χ2v) is 10.2. The number of para-hydroxylation sites is 3. The molecule has 2 aliphatic heterocycles. The Kier molecular flexibility index (Phi) is 6.12. The van der Waals surface area contributed by atoms with Crippen LogP contribution in [-0.4, -0.2) is 28.1 Å². The molecule has 1 atom stereocenters. The number of benzene rings is 4. The first-order chi connectivity index (χ1) is 20.1. The summed E-state index contributed by atoms with van der Waals surface area (Å²) < 4.78 is 7.72. The van der Waals surface area contributed by atoms with Gasteiger partial charge in [-0.2, -0.15) is 5.10 Å². The first-order valence-electron chi connectivity index (χ1n) is 13.9. The predicted molar refractivity (Wildman–Crippen MR) is 166 cm³/mol. The molecule has 7 heteroatoms. The van der Waals surface area contributed by atoms with Crippen LogP contribution in [0.5, 0.6) is 5.75 Å². The van der Waals surface area contributed by atoms with Crippen LogP contribution in [0.2, 0.25) is 0 Å². The Labute approximate surface area is 239 Å². The van der Waals surface area contributed by atoms with E-state index in [1.54, 1.807) is 0 Å². The number of rotatable bonds is 5. The van der Waals surface area contributed by atoms with Crippen molar-refractivity contribution in [2.45, 2.75) is 26.8 Å². The zero-order valence-corrected chi connectivity index (χ0v) is 23.2. The quantitative estimate of drug-likeness (QED) is 0.249. The van der Waals surface area contributed by atoms with E-state index in [4.69, 9.17) is 19.8 Å². The number of hydrogen-bond donors (Lipinski definition) is 1. The highest BCUT2D eigenvalue weighted by Gasteiger charge is 2.41. The number of aryl methyl sites for hydroxylation is 2. The molecule has 0 unspecified atom stereocenters. The second-order valence-electron chi connectivity index (χ2n) is 10.2. The average Bonchev–Trinajstić information content (AvgIpc) is 3.33. The van der Waals surface area contributed by atoms with Gasteiger partial charge in [0.2, 0.25) is 0 Å². The minimum absolute atomic E-state index is 0.184. The largest absolute Gasteiger partial charge is 0.494 e. The van der Waals surface area contributed by atoms with Crippen molar-refractivity contribution in [3.05, 3.63) is 126 Å². The summed E-state index contributed by atoms with van der Waals surface area (Å²) in [6.45, 7) is 6.77. The van der Waals surface area contributed by atoms with Crippen LogP contribution in [0, 0.1) is 13.8 Å². The molecular formula is C34H30N6O. The maximum absolute atomic E-state index is 5.78. The minimum Gasteiger partial charge on any atom is -0.494 e. The van der Waals surface area contributed by atoms with E-state index >= 15 is 0 Å². The van der Waals surface area contributed by atoms with Gasteiger partial charge in [-0.1, -0.05) is 54.6 Å². The third-order valence-corrected chi connectivity index (χ3v) is 7.43. The van der Waals surface area contributed by atoms with Gasteiger partial charge in [-0.15, -0.1) is 0 Å². The minimum atomic E-state index is -0.184. The molecule has 0 radical (unpaired) electrons. The van der Waals surface area contributed by atoms with Crippen molar-refractivity contribution in [3.8, 4) is 11.4 Å². The molecule has 1 N–H and O–H groups in total. The van der Waals surface area contributed by atoms with E-state index in [2.05, 4.69) is 84.7 Å².